The Balaban J connectivity index is 2.65. The molecular weight excluding hydrogens is 304 g/mol. The standard InChI is InChI=1S/C10H10N4O8/c1-13-5(17)9(21,3(15)11-7(13)19)10(22)4(16)12-8(20)14(2)6(10)18/h21-22H,1-2H3,(H,11,15,19)(H,12,16,20)/t9-,10+. The van der Waals surface area contributed by atoms with Crippen LogP contribution in [0.25, 0.3) is 0 Å². The van der Waals surface area contributed by atoms with E-state index in [-0.39, 0.29) is 9.80 Å². The van der Waals surface area contributed by atoms with E-state index < -0.39 is 46.9 Å². The minimum atomic E-state index is -3.62. The summed E-state index contributed by atoms with van der Waals surface area (Å²) in [4.78, 5) is 70.8. The van der Waals surface area contributed by atoms with Crippen LogP contribution >= 0.6 is 0 Å². The molecule has 0 aromatic carbocycles. The van der Waals surface area contributed by atoms with Gasteiger partial charge >= 0.3 is 12.1 Å². The maximum absolute atomic E-state index is 12.1. The highest BCUT2D eigenvalue weighted by molar-refractivity contribution is 6.32. The van der Waals surface area contributed by atoms with Crippen LogP contribution in [0.5, 0.6) is 0 Å². The van der Waals surface area contributed by atoms with Crippen molar-refractivity contribution in [2.75, 3.05) is 14.1 Å². The van der Waals surface area contributed by atoms with Gasteiger partial charge in [0.15, 0.2) is 0 Å². The van der Waals surface area contributed by atoms with E-state index in [9.17, 15) is 39.0 Å². The lowest BCUT2D eigenvalue weighted by molar-refractivity contribution is -0.203. The van der Waals surface area contributed by atoms with Crippen LogP contribution in [0.15, 0.2) is 0 Å². The normalized spacial score (nSPS) is 33.1. The van der Waals surface area contributed by atoms with E-state index in [0.29, 0.717) is 0 Å². The highest BCUT2D eigenvalue weighted by Crippen LogP contribution is 2.31. The van der Waals surface area contributed by atoms with Crippen molar-refractivity contribution in [3.8, 4) is 0 Å². The van der Waals surface area contributed by atoms with Crippen LogP contribution in [-0.4, -0.2) is 81.0 Å². The molecule has 12 nitrogen and oxygen atoms in total. The van der Waals surface area contributed by atoms with Crippen LogP contribution in [0, 0.1) is 0 Å². The number of amides is 8. The summed E-state index contributed by atoms with van der Waals surface area (Å²) in [5.41, 5.74) is -7.24. The number of urea groups is 2. The zero-order chi connectivity index (χ0) is 17.0. The molecule has 0 saturated carbocycles. The van der Waals surface area contributed by atoms with E-state index in [0.717, 1.165) is 14.1 Å². The first kappa shape index (κ1) is 15.5. The van der Waals surface area contributed by atoms with Gasteiger partial charge in [0.1, 0.15) is 0 Å². The second kappa shape index (κ2) is 4.32. The molecule has 2 rings (SSSR count). The van der Waals surface area contributed by atoms with Crippen molar-refractivity contribution in [1.29, 1.82) is 0 Å². The summed E-state index contributed by atoms with van der Waals surface area (Å²) in [5.74, 6) is -6.94. The molecule has 2 aliphatic heterocycles. The average Bonchev–Trinajstić information content (AvgIpc) is 2.46. The second-order valence-electron chi connectivity index (χ2n) is 4.67. The molecule has 0 aromatic rings. The first-order valence-electron chi connectivity index (χ1n) is 5.71. The van der Waals surface area contributed by atoms with Gasteiger partial charge in [-0.1, -0.05) is 0 Å². The quantitative estimate of drug-likeness (QED) is 0.353. The summed E-state index contributed by atoms with van der Waals surface area (Å²) < 4.78 is 0. The number of likely N-dealkylation sites (N-methyl/N-ethyl adjacent to an activating group) is 2. The Morgan fingerprint density at radius 2 is 1.00 bits per heavy atom. The highest BCUT2D eigenvalue weighted by atomic mass is 16.4. The third-order valence-corrected chi connectivity index (χ3v) is 3.46. The zero-order valence-corrected chi connectivity index (χ0v) is 11.2. The topological polar surface area (TPSA) is 173 Å². The number of carbonyl (C=O) groups is 6. The first-order valence-corrected chi connectivity index (χ1v) is 5.71. The maximum atomic E-state index is 12.1. The van der Waals surface area contributed by atoms with Gasteiger partial charge in [0.05, 0.1) is 0 Å². The van der Waals surface area contributed by atoms with Gasteiger partial charge in [-0.3, -0.25) is 39.6 Å². The average molecular weight is 314 g/mol. The minimum Gasteiger partial charge on any atom is -0.369 e. The Bertz CT molecular complexity index is 603. The third-order valence-electron chi connectivity index (χ3n) is 3.46. The van der Waals surface area contributed by atoms with Crippen molar-refractivity contribution in [2.24, 2.45) is 0 Å². The first-order chi connectivity index (χ1) is 9.99. The second-order valence-corrected chi connectivity index (χ2v) is 4.67. The Morgan fingerprint density at radius 3 is 1.27 bits per heavy atom. The Morgan fingerprint density at radius 1 is 0.727 bits per heavy atom. The predicted octanol–water partition coefficient (Wildman–Crippen LogP) is -4.13. The van der Waals surface area contributed by atoms with Crippen LogP contribution in [0.4, 0.5) is 9.59 Å². The summed E-state index contributed by atoms with van der Waals surface area (Å²) in [6.45, 7) is 0. The molecule has 0 aromatic heterocycles. The number of hydrogen-bond donors (Lipinski definition) is 4. The molecule has 2 fully saturated rings. The molecule has 0 unspecified atom stereocenters. The van der Waals surface area contributed by atoms with Crippen molar-refractivity contribution in [3.63, 3.8) is 0 Å². The van der Waals surface area contributed by atoms with Crippen molar-refractivity contribution in [3.05, 3.63) is 0 Å². The number of hydrogen-bond acceptors (Lipinski definition) is 8. The van der Waals surface area contributed by atoms with E-state index in [2.05, 4.69) is 0 Å². The van der Waals surface area contributed by atoms with Gasteiger partial charge in [-0.05, 0) is 0 Å². The van der Waals surface area contributed by atoms with Crippen molar-refractivity contribution >= 4 is 35.7 Å². The molecule has 8 amide bonds. The van der Waals surface area contributed by atoms with E-state index in [1.165, 1.54) is 10.6 Å². The third kappa shape index (κ3) is 1.52. The molecule has 0 radical (unpaired) electrons. The molecule has 12 heteroatoms. The fourth-order valence-electron chi connectivity index (χ4n) is 2.05. The Hall–Kier alpha value is -2.86. The largest absolute Gasteiger partial charge is 0.369 e. The molecular formula is C10H10N4O8. The molecule has 22 heavy (non-hydrogen) atoms. The Kier molecular flexibility index (Phi) is 3.05. The van der Waals surface area contributed by atoms with E-state index >= 15 is 0 Å². The Labute approximate surface area is 121 Å². The van der Waals surface area contributed by atoms with Gasteiger partial charge in [-0.2, -0.15) is 0 Å². The van der Waals surface area contributed by atoms with Gasteiger partial charge in [-0.15, -0.1) is 0 Å². The van der Waals surface area contributed by atoms with Crippen LogP contribution in [-0.2, 0) is 19.2 Å². The van der Waals surface area contributed by atoms with Crippen LogP contribution < -0.4 is 10.6 Å². The summed E-state index contributed by atoms with van der Waals surface area (Å²) in [6.07, 6.45) is 0. The van der Waals surface area contributed by atoms with Crippen molar-refractivity contribution in [1.82, 2.24) is 20.4 Å². The van der Waals surface area contributed by atoms with Gasteiger partial charge in [0.25, 0.3) is 34.8 Å². The van der Waals surface area contributed by atoms with Gasteiger partial charge in [0, 0.05) is 14.1 Å². The summed E-state index contributed by atoms with van der Waals surface area (Å²) in [7, 11) is 1.69. The number of imide groups is 4. The molecule has 2 atom stereocenters. The van der Waals surface area contributed by atoms with Crippen molar-refractivity contribution in [2.45, 2.75) is 11.2 Å². The number of carbonyl (C=O) groups excluding carboxylic acids is 6. The minimum absolute atomic E-state index is 0.205. The predicted molar refractivity (Wildman–Crippen MR) is 62.5 cm³/mol. The number of nitrogens with one attached hydrogen (secondary N) is 2. The van der Waals surface area contributed by atoms with Crippen LogP contribution in [0.2, 0.25) is 0 Å². The molecule has 0 aliphatic carbocycles. The molecule has 2 heterocycles. The van der Waals surface area contributed by atoms with Crippen LogP contribution in [0.1, 0.15) is 0 Å². The highest BCUT2D eigenvalue weighted by Gasteiger charge is 2.74. The molecule has 2 saturated heterocycles. The number of nitrogens with zero attached hydrogens (tertiary/aromatic N) is 2. The van der Waals surface area contributed by atoms with Gasteiger partial charge in [0.2, 0.25) is 0 Å². The summed E-state index contributed by atoms with van der Waals surface area (Å²) >= 11 is 0. The fourth-order valence-corrected chi connectivity index (χ4v) is 2.05. The lowest BCUT2D eigenvalue weighted by Gasteiger charge is -2.44. The number of aliphatic hydroxyl groups is 2. The fraction of sp³-hybridized carbons (Fsp3) is 0.400. The van der Waals surface area contributed by atoms with E-state index in [4.69, 9.17) is 0 Å². The summed E-state index contributed by atoms with van der Waals surface area (Å²) in [6, 6.07) is -2.45. The lowest BCUT2D eigenvalue weighted by atomic mass is 9.77. The monoisotopic (exact) mass is 314 g/mol. The van der Waals surface area contributed by atoms with Gasteiger partial charge < -0.3 is 10.2 Å². The molecule has 118 valence electrons. The van der Waals surface area contributed by atoms with E-state index in [1.54, 1.807) is 0 Å². The van der Waals surface area contributed by atoms with Gasteiger partial charge in [-0.25, -0.2) is 9.59 Å². The van der Waals surface area contributed by atoms with Crippen molar-refractivity contribution < 1.29 is 39.0 Å². The molecule has 4 N–H and O–H groups in total. The smallest absolute Gasteiger partial charge is 0.330 e. The SMILES string of the molecule is CN1C(=O)NC(=O)[C@](O)([C@]2(O)C(=O)NC(=O)N(C)C2=O)C1=O. The number of rotatable bonds is 1. The molecule has 0 bridgehead atoms. The number of barbiturate groups is 2. The van der Waals surface area contributed by atoms with Crippen LogP contribution in [0.3, 0.4) is 0 Å². The lowest BCUT2D eigenvalue weighted by Crippen LogP contribution is -2.84. The summed E-state index contributed by atoms with van der Waals surface area (Å²) in [5, 5.41) is 23.6. The zero-order valence-electron chi connectivity index (χ0n) is 11.2. The van der Waals surface area contributed by atoms with E-state index in [1.807, 2.05) is 0 Å². The molecule has 0 spiro atoms. The maximum Gasteiger partial charge on any atom is 0.330 e. The molecule has 2 aliphatic rings.